The summed E-state index contributed by atoms with van der Waals surface area (Å²) in [7, 11) is 1.41. The minimum atomic E-state index is -1.03. The number of unbranched alkanes of at least 4 members (excludes halogenated alkanes) is 12. The molecule has 4 aromatic heterocycles. The molecule has 0 bridgehead atoms. The lowest BCUT2D eigenvalue weighted by Crippen LogP contribution is -2.06. The summed E-state index contributed by atoms with van der Waals surface area (Å²) in [6.45, 7) is 9.90. The molecule has 4 heterocycles. The average Bonchev–Trinajstić information content (AvgIpc) is 1.47. The van der Waals surface area contributed by atoms with E-state index < -0.39 is 11.9 Å². The highest BCUT2D eigenvalue weighted by molar-refractivity contribution is 7.20. The van der Waals surface area contributed by atoms with Crippen molar-refractivity contribution in [3.05, 3.63) is 209 Å². The number of hydrogen-bond donors (Lipinski definition) is 1. The van der Waals surface area contributed by atoms with Crippen molar-refractivity contribution in [2.45, 2.75) is 163 Å². The number of carbonyl (C=O) groups is 4. The summed E-state index contributed by atoms with van der Waals surface area (Å²) in [5, 5.41) is 10.3. The van der Waals surface area contributed by atoms with Gasteiger partial charge in [0.05, 0.1) is 18.2 Å². The Labute approximate surface area is 572 Å². The number of thiophene rings is 4. The monoisotopic (exact) mass is 1330 g/mol. The molecule has 0 fully saturated rings. The van der Waals surface area contributed by atoms with Crippen molar-refractivity contribution >= 4 is 70.2 Å². The van der Waals surface area contributed by atoms with Gasteiger partial charge in [0, 0.05) is 55.7 Å². The second kappa shape index (κ2) is 36.6. The van der Waals surface area contributed by atoms with Crippen LogP contribution in [0.2, 0.25) is 0 Å². The van der Waals surface area contributed by atoms with Crippen molar-refractivity contribution in [1.82, 2.24) is 0 Å². The molecule has 0 aliphatic rings. The van der Waals surface area contributed by atoms with Crippen LogP contribution in [-0.2, 0) is 51.4 Å². The minimum Gasteiger partial charge on any atom is -0.478 e. The van der Waals surface area contributed by atoms with Gasteiger partial charge < -0.3 is 19.3 Å². The van der Waals surface area contributed by atoms with Crippen molar-refractivity contribution in [2.75, 3.05) is 7.11 Å². The standard InChI is InChI=1S/C42H46O4S2.C40H42O4S2/c1-4-6-8-10-12-30-14-18-32(19-15-30)38-22-24-40(47-38)35-27-37(42(44)45-3)36(26-34(35)28-46-29-43)41-25-23-39(48-41)33-20-16-31(17-21-33)13-11-9-7-5-2;1-3-5-7-9-11-28-13-17-30(18-14-28)36-21-23-38(45-36)32-26-35(44-27-41)34(25-33(32)40(42)43)39-24-22-37(46-39)31-19-15-29(16-20-31)12-10-8-6-4-2/h14-27,29H,4-13,28H2,1-3H3;13-27H,3-12H2,1-2H3,(H,42,43). The molecule has 10 rings (SSSR count). The van der Waals surface area contributed by atoms with Gasteiger partial charge >= 0.3 is 11.9 Å². The Bertz CT molecular complexity index is 4010. The number of hydrogen-bond acceptors (Lipinski definition) is 11. The summed E-state index contributed by atoms with van der Waals surface area (Å²) in [5.41, 5.74) is 14.2. The lowest BCUT2D eigenvalue weighted by Gasteiger charge is -2.14. The second-order valence-corrected chi connectivity index (χ2v) is 28.4. The van der Waals surface area contributed by atoms with Crippen LogP contribution in [0.1, 0.15) is 179 Å². The Hall–Kier alpha value is -8.00. The molecule has 6 aromatic carbocycles. The third-order valence-corrected chi connectivity index (χ3v) is 21.9. The molecule has 94 heavy (non-hydrogen) atoms. The lowest BCUT2D eigenvalue weighted by atomic mass is 9.96. The maximum Gasteiger partial charge on any atom is 0.338 e. The largest absolute Gasteiger partial charge is 0.478 e. The molecule has 12 heteroatoms. The van der Waals surface area contributed by atoms with Crippen LogP contribution >= 0.6 is 45.3 Å². The fraction of sp³-hybridized carbons (Fsp3) is 0.317. The van der Waals surface area contributed by atoms with Crippen LogP contribution in [0, 0.1) is 0 Å². The Morgan fingerprint density at radius 1 is 0.372 bits per heavy atom. The summed E-state index contributed by atoms with van der Waals surface area (Å²) in [5.74, 6) is -1.08. The summed E-state index contributed by atoms with van der Waals surface area (Å²) in [4.78, 5) is 56.6. The van der Waals surface area contributed by atoms with E-state index in [0.29, 0.717) is 35.4 Å². The van der Waals surface area contributed by atoms with Crippen LogP contribution < -0.4 is 4.74 Å². The van der Waals surface area contributed by atoms with E-state index in [1.54, 1.807) is 46.1 Å². The predicted molar refractivity (Wildman–Crippen MR) is 395 cm³/mol. The van der Waals surface area contributed by atoms with E-state index in [-0.39, 0.29) is 12.2 Å². The number of carboxylic acids is 1. The molecule has 0 atom stereocenters. The van der Waals surface area contributed by atoms with E-state index >= 15 is 0 Å². The van der Waals surface area contributed by atoms with Gasteiger partial charge in [-0.3, -0.25) is 9.59 Å². The van der Waals surface area contributed by atoms with E-state index in [2.05, 4.69) is 149 Å². The molecular weight excluding hydrogens is 1240 g/mol. The highest BCUT2D eigenvalue weighted by Crippen LogP contribution is 2.46. The van der Waals surface area contributed by atoms with Crippen molar-refractivity contribution in [3.8, 4) is 89.3 Å². The third kappa shape index (κ3) is 19.3. The Morgan fingerprint density at radius 2 is 0.702 bits per heavy atom. The first-order valence-corrected chi connectivity index (χ1v) is 36.9. The lowest BCUT2D eigenvalue weighted by molar-refractivity contribution is -0.129. The molecule has 8 nitrogen and oxygen atoms in total. The van der Waals surface area contributed by atoms with Crippen LogP contribution in [0.25, 0.3) is 83.5 Å². The number of carbonyl (C=O) groups excluding carboxylic acids is 3. The van der Waals surface area contributed by atoms with Crippen molar-refractivity contribution < 1.29 is 38.5 Å². The topological polar surface area (TPSA) is 116 Å². The van der Waals surface area contributed by atoms with Crippen LogP contribution in [0.4, 0.5) is 0 Å². The van der Waals surface area contributed by atoms with Gasteiger partial charge in [-0.2, -0.15) is 0 Å². The fourth-order valence-electron chi connectivity index (χ4n) is 11.8. The molecule has 488 valence electrons. The highest BCUT2D eigenvalue weighted by Gasteiger charge is 2.24. The first kappa shape index (κ1) is 70.3. The smallest absolute Gasteiger partial charge is 0.338 e. The van der Waals surface area contributed by atoms with Crippen LogP contribution in [0.5, 0.6) is 5.75 Å². The van der Waals surface area contributed by atoms with Crippen molar-refractivity contribution in [2.24, 2.45) is 0 Å². The zero-order chi connectivity index (χ0) is 66.0. The van der Waals surface area contributed by atoms with Crippen LogP contribution in [0.15, 0.2) is 170 Å². The maximum absolute atomic E-state index is 13.2. The van der Waals surface area contributed by atoms with Crippen molar-refractivity contribution in [1.29, 1.82) is 0 Å². The molecule has 1 N–H and O–H groups in total. The van der Waals surface area contributed by atoms with Gasteiger partial charge in [-0.05, 0) is 180 Å². The third-order valence-electron chi connectivity index (χ3n) is 17.2. The van der Waals surface area contributed by atoms with Crippen molar-refractivity contribution in [3.63, 3.8) is 0 Å². The van der Waals surface area contributed by atoms with Gasteiger partial charge in [0.1, 0.15) is 12.4 Å². The van der Waals surface area contributed by atoms with E-state index in [0.717, 1.165) is 104 Å². The highest BCUT2D eigenvalue weighted by atomic mass is 32.1. The summed E-state index contributed by atoms with van der Waals surface area (Å²) in [6.07, 6.45) is 24.4. The number of rotatable bonds is 35. The summed E-state index contributed by atoms with van der Waals surface area (Å²) < 4.78 is 16.0. The van der Waals surface area contributed by atoms with Gasteiger partial charge in [0.2, 0.25) is 0 Å². The fourth-order valence-corrected chi connectivity index (χ4v) is 16.0. The molecule has 0 radical (unpaired) electrons. The zero-order valence-electron chi connectivity index (χ0n) is 55.1. The summed E-state index contributed by atoms with van der Waals surface area (Å²) in [6, 6.07) is 58.5. The first-order valence-electron chi connectivity index (χ1n) is 33.6. The number of ether oxygens (including phenoxy) is 3. The average molecular weight is 1330 g/mol. The van der Waals surface area contributed by atoms with E-state index in [9.17, 15) is 24.3 Å². The molecule has 0 aliphatic heterocycles. The van der Waals surface area contributed by atoms with Gasteiger partial charge in [0.25, 0.3) is 12.9 Å². The molecule has 0 saturated carbocycles. The minimum absolute atomic E-state index is 0.102. The van der Waals surface area contributed by atoms with Crippen LogP contribution in [0.3, 0.4) is 0 Å². The second-order valence-electron chi connectivity index (χ2n) is 24.1. The molecule has 0 spiro atoms. The maximum atomic E-state index is 13.2. The van der Waals surface area contributed by atoms with E-state index in [4.69, 9.17) is 14.2 Å². The zero-order valence-corrected chi connectivity index (χ0v) is 58.4. The summed E-state index contributed by atoms with van der Waals surface area (Å²) >= 11 is 6.39. The van der Waals surface area contributed by atoms with E-state index in [1.165, 1.54) is 143 Å². The van der Waals surface area contributed by atoms with Crippen LogP contribution in [-0.4, -0.2) is 37.1 Å². The number of esters is 1. The normalized spacial score (nSPS) is 11.1. The quantitative estimate of drug-likeness (QED) is 0.0237. The number of aryl methyl sites for hydroxylation is 4. The van der Waals surface area contributed by atoms with Gasteiger partial charge in [-0.15, -0.1) is 45.3 Å². The number of benzene rings is 6. The Balaban J connectivity index is 0.000000222. The molecular formula is C82H88O8S4. The number of methoxy groups -OCH3 is 1. The van der Waals surface area contributed by atoms with E-state index in [1.807, 2.05) is 36.4 Å². The Morgan fingerprint density at radius 3 is 1.03 bits per heavy atom. The first-order chi connectivity index (χ1) is 46.0. The van der Waals surface area contributed by atoms with Gasteiger partial charge in [0.15, 0.2) is 0 Å². The molecule has 0 amide bonds. The molecule has 0 saturated heterocycles. The van der Waals surface area contributed by atoms with Gasteiger partial charge in [-0.25, -0.2) is 9.59 Å². The van der Waals surface area contributed by atoms with Gasteiger partial charge in [-0.1, -0.05) is 202 Å². The number of carboxylic acid groups (broad SMARTS) is 1. The Kier molecular flexibility index (Phi) is 27.4. The molecule has 0 unspecified atom stereocenters. The predicted octanol–water partition coefficient (Wildman–Crippen LogP) is 24.1. The number of aromatic carboxylic acids is 1. The molecule has 0 aliphatic carbocycles. The SMILES string of the molecule is CCCCCCc1ccc(-c2ccc(-c3cc(C(=O)O)c(-c4ccc(-c5ccc(CCCCCC)cc5)s4)cc3OC=O)s2)cc1.CCCCCCc1ccc(-c2ccc(-c3cc(C(=O)OC)c(-c4ccc(-c5ccc(CCCCCC)cc5)s4)cc3COC=O)s2)cc1. The molecule has 10 aromatic rings.